The van der Waals surface area contributed by atoms with Crippen molar-refractivity contribution in [3.8, 4) is 0 Å². The lowest BCUT2D eigenvalue weighted by atomic mass is 10.1. The van der Waals surface area contributed by atoms with Crippen molar-refractivity contribution in [1.82, 2.24) is 14.9 Å². The maximum atomic E-state index is 9.99. The maximum Gasteiger partial charge on any atom is 0.201 e. The van der Waals surface area contributed by atoms with Crippen LogP contribution < -0.4 is 11.1 Å². The van der Waals surface area contributed by atoms with Gasteiger partial charge in [-0.05, 0) is 44.5 Å². The van der Waals surface area contributed by atoms with E-state index in [1.807, 2.05) is 16.7 Å². The van der Waals surface area contributed by atoms with Gasteiger partial charge in [-0.1, -0.05) is 6.07 Å². The van der Waals surface area contributed by atoms with Crippen LogP contribution in [-0.4, -0.2) is 40.5 Å². The van der Waals surface area contributed by atoms with Crippen LogP contribution in [0.5, 0.6) is 0 Å². The number of anilines is 1. The van der Waals surface area contributed by atoms with E-state index in [1.54, 1.807) is 21.0 Å². The fraction of sp³-hybridized carbons (Fsp3) is 0.562. The van der Waals surface area contributed by atoms with Crippen molar-refractivity contribution in [3.05, 3.63) is 23.8 Å². The topological polar surface area (TPSA) is 85.3 Å². The van der Waals surface area contributed by atoms with Crippen LogP contribution in [0.3, 0.4) is 0 Å². The lowest BCUT2D eigenvalue weighted by molar-refractivity contribution is 0.0633. The molecular formula is C16H26N4O2. The maximum absolute atomic E-state index is 9.99. The summed E-state index contributed by atoms with van der Waals surface area (Å²) < 4.78 is 6.87. The summed E-state index contributed by atoms with van der Waals surface area (Å²) in [5, 5.41) is 13.4. The third-order valence-electron chi connectivity index (χ3n) is 3.42. The molecule has 6 nitrogen and oxygen atoms in total. The van der Waals surface area contributed by atoms with Gasteiger partial charge >= 0.3 is 0 Å². The summed E-state index contributed by atoms with van der Waals surface area (Å²) in [6, 6.07) is 6.11. The van der Waals surface area contributed by atoms with Gasteiger partial charge in [0.1, 0.15) is 0 Å². The molecule has 2 rings (SSSR count). The van der Waals surface area contributed by atoms with Gasteiger partial charge in [-0.25, -0.2) is 4.98 Å². The molecule has 0 aliphatic rings. The molecule has 0 bridgehead atoms. The zero-order chi connectivity index (χ0) is 16.2. The zero-order valence-electron chi connectivity index (χ0n) is 13.6. The number of ether oxygens (including phenoxy) is 1. The molecule has 0 atom stereocenters. The SMILES string of the molecule is COCCCNCc1ccc2c(c1)nc(N)n2CC(C)(C)O. The largest absolute Gasteiger partial charge is 0.389 e. The van der Waals surface area contributed by atoms with Crippen LogP contribution in [0.1, 0.15) is 25.8 Å². The predicted octanol–water partition coefficient (Wildman–Crippen LogP) is 1.52. The van der Waals surface area contributed by atoms with Crippen molar-refractivity contribution < 1.29 is 9.84 Å². The highest BCUT2D eigenvalue weighted by Gasteiger charge is 2.17. The number of methoxy groups -OCH3 is 1. The normalized spacial score (nSPS) is 12.2. The van der Waals surface area contributed by atoms with E-state index in [2.05, 4.69) is 16.4 Å². The van der Waals surface area contributed by atoms with Crippen molar-refractivity contribution in [2.75, 3.05) is 26.0 Å². The Labute approximate surface area is 131 Å². The summed E-state index contributed by atoms with van der Waals surface area (Å²) in [5.74, 6) is 0.433. The molecule has 0 saturated carbocycles. The van der Waals surface area contributed by atoms with Gasteiger partial charge in [0.25, 0.3) is 0 Å². The Morgan fingerprint density at radius 1 is 1.41 bits per heavy atom. The van der Waals surface area contributed by atoms with Crippen molar-refractivity contribution in [3.63, 3.8) is 0 Å². The van der Waals surface area contributed by atoms with Crippen LogP contribution in [0.15, 0.2) is 18.2 Å². The first-order valence-electron chi connectivity index (χ1n) is 7.57. The summed E-state index contributed by atoms with van der Waals surface area (Å²) in [5.41, 5.74) is 8.12. The number of benzene rings is 1. The highest BCUT2D eigenvalue weighted by molar-refractivity contribution is 5.79. The Kier molecular flexibility index (Phi) is 5.39. The molecular weight excluding hydrogens is 280 g/mol. The van der Waals surface area contributed by atoms with Crippen LogP contribution in [0.4, 0.5) is 5.95 Å². The number of nitrogen functional groups attached to an aromatic ring is 1. The fourth-order valence-electron chi connectivity index (χ4n) is 2.43. The van der Waals surface area contributed by atoms with Crippen LogP contribution in [0.25, 0.3) is 11.0 Å². The number of hydrogen-bond donors (Lipinski definition) is 3. The van der Waals surface area contributed by atoms with Gasteiger partial charge in [0.15, 0.2) is 0 Å². The number of imidazole rings is 1. The average molecular weight is 306 g/mol. The first kappa shape index (κ1) is 16.7. The second-order valence-electron chi connectivity index (χ2n) is 6.21. The molecule has 1 aromatic carbocycles. The lowest BCUT2D eigenvalue weighted by Gasteiger charge is -2.19. The van der Waals surface area contributed by atoms with E-state index in [0.717, 1.165) is 42.7 Å². The second kappa shape index (κ2) is 7.09. The summed E-state index contributed by atoms with van der Waals surface area (Å²) >= 11 is 0. The van der Waals surface area contributed by atoms with Gasteiger partial charge in [0, 0.05) is 20.3 Å². The Morgan fingerprint density at radius 3 is 2.86 bits per heavy atom. The quantitative estimate of drug-likeness (QED) is 0.644. The van der Waals surface area contributed by atoms with E-state index in [1.165, 1.54) is 0 Å². The van der Waals surface area contributed by atoms with Gasteiger partial charge < -0.3 is 25.5 Å². The number of fused-ring (bicyclic) bond motifs is 1. The average Bonchev–Trinajstić information content (AvgIpc) is 2.72. The molecule has 2 aromatic rings. The fourth-order valence-corrected chi connectivity index (χ4v) is 2.43. The van der Waals surface area contributed by atoms with Crippen LogP contribution in [-0.2, 0) is 17.8 Å². The van der Waals surface area contributed by atoms with E-state index >= 15 is 0 Å². The standard InChI is InChI=1S/C16H26N4O2/c1-16(2,21)11-20-14-6-5-12(9-13(14)19-15(20)17)10-18-7-4-8-22-3/h5-6,9,18,21H,4,7-8,10-11H2,1-3H3,(H2,17,19). The third kappa shape index (κ3) is 4.43. The number of nitrogens with two attached hydrogens (primary N) is 1. The third-order valence-corrected chi connectivity index (χ3v) is 3.42. The Hall–Kier alpha value is -1.63. The number of aromatic nitrogens is 2. The molecule has 4 N–H and O–H groups in total. The van der Waals surface area contributed by atoms with Crippen LogP contribution in [0, 0.1) is 0 Å². The van der Waals surface area contributed by atoms with Crippen molar-refractivity contribution >= 4 is 17.0 Å². The Bertz CT molecular complexity index is 616. The molecule has 6 heteroatoms. The number of nitrogens with zero attached hydrogens (tertiary/aromatic N) is 2. The van der Waals surface area contributed by atoms with Crippen molar-refractivity contribution in [2.45, 2.75) is 39.0 Å². The molecule has 0 aliphatic carbocycles. The predicted molar refractivity (Wildman–Crippen MR) is 88.6 cm³/mol. The molecule has 0 amide bonds. The second-order valence-corrected chi connectivity index (χ2v) is 6.21. The summed E-state index contributed by atoms with van der Waals surface area (Å²) in [6.45, 7) is 6.42. The minimum Gasteiger partial charge on any atom is -0.389 e. The molecule has 0 unspecified atom stereocenters. The number of nitrogens with one attached hydrogen (secondary N) is 1. The van der Waals surface area contributed by atoms with Crippen molar-refractivity contribution in [2.24, 2.45) is 0 Å². The summed E-state index contributed by atoms with van der Waals surface area (Å²) in [4.78, 5) is 4.40. The van der Waals surface area contributed by atoms with Gasteiger partial charge in [-0.3, -0.25) is 0 Å². The number of hydrogen-bond acceptors (Lipinski definition) is 5. The highest BCUT2D eigenvalue weighted by Crippen LogP contribution is 2.21. The molecule has 122 valence electrons. The Balaban J connectivity index is 2.08. The van der Waals surface area contributed by atoms with E-state index in [-0.39, 0.29) is 0 Å². The highest BCUT2D eigenvalue weighted by atomic mass is 16.5. The van der Waals surface area contributed by atoms with Crippen LogP contribution >= 0.6 is 0 Å². The Morgan fingerprint density at radius 2 is 2.18 bits per heavy atom. The molecule has 0 saturated heterocycles. The molecule has 0 radical (unpaired) electrons. The monoisotopic (exact) mass is 306 g/mol. The first-order chi connectivity index (χ1) is 10.4. The smallest absolute Gasteiger partial charge is 0.201 e. The van der Waals surface area contributed by atoms with Crippen molar-refractivity contribution in [1.29, 1.82) is 0 Å². The van der Waals surface area contributed by atoms with E-state index in [0.29, 0.717) is 12.5 Å². The van der Waals surface area contributed by atoms with E-state index in [9.17, 15) is 5.11 Å². The molecule has 0 spiro atoms. The van der Waals surface area contributed by atoms with E-state index in [4.69, 9.17) is 10.5 Å². The first-order valence-corrected chi connectivity index (χ1v) is 7.57. The van der Waals surface area contributed by atoms with Crippen LogP contribution in [0.2, 0.25) is 0 Å². The molecule has 1 heterocycles. The minimum absolute atomic E-state index is 0.421. The molecule has 1 aromatic heterocycles. The van der Waals surface area contributed by atoms with Gasteiger partial charge in [0.05, 0.1) is 23.2 Å². The summed E-state index contributed by atoms with van der Waals surface area (Å²) in [6.07, 6.45) is 0.992. The molecule has 22 heavy (non-hydrogen) atoms. The van der Waals surface area contributed by atoms with Gasteiger partial charge in [-0.15, -0.1) is 0 Å². The van der Waals surface area contributed by atoms with E-state index < -0.39 is 5.60 Å². The number of aliphatic hydroxyl groups is 1. The minimum atomic E-state index is -0.830. The molecule has 0 fully saturated rings. The van der Waals surface area contributed by atoms with Gasteiger partial charge in [0.2, 0.25) is 5.95 Å². The summed E-state index contributed by atoms with van der Waals surface area (Å²) in [7, 11) is 1.71. The molecule has 0 aliphatic heterocycles. The van der Waals surface area contributed by atoms with Gasteiger partial charge in [-0.2, -0.15) is 0 Å². The zero-order valence-corrected chi connectivity index (χ0v) is 13.6. The number of rotatable bonds is 8. The lowest BCUT2D eigenvalue weighted by Crippen LogP contribution is -2.26.